The fourth-order valence-electron chi connectivity index (χ4n) is 5.81. The third-order valence-corrected chi connectivity index (χ3v) is 7.77. The number of nitrogens with zero attached hydrogens (tertiary/aromatic N) is 3. The molecule has 7 aromatic carbocycles. The quantitative estimate of drug-likeness (QED) is 0.205. The lowest BCUT2D eigenvalue weighted by Gasteiger charge is -2.14. The van der Waals surface area contributed by atoms with Gasteiger partial charge in [0.1, 0.15) is 11.2 Å². The van der Waals surface area contributed by atoms with Crippen LogP contribution in [-0.4, -0.2) is 15.0 Å². The largest absolute Gasteiger partial charge is 0.456 e. The first-order valence-corrected chi connectivity index (χ1v) is 14.1. The summed E-state index contributed by atoms with van der Waals surface area (Å²) in [4.78, 5) is 14.1. The van der Waals surface area contributed by atoms with Crippen molar-refractivity contribution in [1.82, 2.24) is 15.0 Å². The van der Waals surface area contributed by atoms with Gasteiger partial charge in [0.15, 0.2) is 17.5 Å². The van der Waals surface area contributed by atoms with Gasteiger partial charge in [0, 0.05) is 27.5 Å². The van der Waals surface area contributed by atoms with Crippen molar-refractivity contribution in [3.05, 3.63) is 151 Å². The van der Waals surface area contributed by atoms with Crippen LogP contribution in [0.3, 0.4) is 0 Å². The molecule has 210 valence electrons. The van der Waals surface area contributed by atoms with E-state index in [0.29, 0.717) is 10.9 Å². The summed E-state index contributed by atoms with van der Waals surface area (Å²) in [5.41, 5.74) is 1.15. The van der Waals surface area contributed by atoms with Gasteiger partial charge in [-0.1, -0.05) is 139 Å². The highest BCUT2D eigenvalue weighted by atomic mass is 16.3. The van der Waals surface area contributed by atoms with E-state index in [1.807, 2.05) is 72.8 Å². The van der Waals surface area contributed by atoms with Crippen LogP contribution >= 0.6 is 0 Å². The molecule has 0 saturated carbocycles. The van der Waals surface area contributed by atoms with Crippen molar-refractivity contribution < 1.29 is 20.9 Å². The zero-order valence-corrected chi connectivity index (χ0v) is 23.3. The van der Waals surface area contributed by atoms with Gasteiger partial charge in [0.2, 0.25) is 0 Å². The third kappa shape index (κ3) is 4.19. The second-order valence-corrected chi connectivity index (χ2v) is 10.3. The van der Waals surface area contributed by atoms with Gasteiger partial charge < -0.3 is 4.42 Å². The van der Waals surface area contributed by atoms with E-state index in [-0.39, 0.29) is 50.5 Å². The van der Waals surface area contributed by atoms with Crippen LogP contribution in [0.2, 0.25) is 0 Å². The topological polar surface area (TPSA) is 51.8 Å². The molecule has 2 heterocycles. The Bertz CT molecular complexity index is 3200. The Labute approximate surface area is 276 Å². The third-order valence-electron chi connectivity index (χ3n) is 7.77. The Hall–Kier alpha value is -6.13. The van der Waals surface area contributed by atoms with Gasteiger partial charge in [-0.25, -0.2) is 15.0 Å². The van der Waals surface area contributed by atoms with Gasteiger partial charge in [0.25, 0.3) is 0 Å². The molecular formula is C41H25N3O. The molecule has 0 fully saturated rings. The first kappa shape index (κ1) is 16.1. The first-order valence-electron chi connectivity index (χ1n) is 20.1. The molecule has 0 aliphatic rings. The van der Waals surface area contributed by atoms with Crippen molar-refractivity contribution in [2.75, 3.05) is 0 Å². The van der Waals surface area contributed by atoms with Gasteiger partial charge in [-0.05, 0) is 44.8 Å². The van der Waals surface area contributed by atoms with Gasteiger partial charge in [0.05, 0.1) is 16.4 Å². The maximum Gasteiger partial charge on any atom is 0.164 e. The molecule has 0 radical (unpaired) electrons. The van der Waals surface area contributed by atoms with Crippen molar-refractivity contribution in [1.29, 1.82) is 0 Å². The zero-order chi connectivity index (χ0) is 40.2. The summed E-state index contributed by atoms with van der Waals surface area (Å²) in [6, 6.07) is 18.3. The normalized spacial score (nSPS) is 15.3. The molecule has 4 heteroatoms. The Morgan fingerprint density at radius 1 is 0.422 bits per heavy atom. The van der Waals surface area contributed by atoms with Crippen molar-refractivity contribution in [2.45, 2.75) is 0 Å². The molecule has 0 spiro atoms. The van der Waals surface area contributed by atoms with Gasteiger partial charge in [-0.2, -0.15) is 0 Å². The molecule has 0 aliphatic heterocycles. The summed E-state index contributed by atoms with van der Waals surface area (Å²) in [6.45, 7) is 0. The van der Waals surface area contributed by atoms with Crippen LogP contribution in [0.25, 0.3) is 88.8 Å². The number of para-hydroxylation sites is 1. The Kier molecular flexibility index (Phi) is 3.66. The molecule has 2 aromatic heterocycles. The summed E-state index contributed by atoms with van der Waals surface area (Å²) in [5, 5.41) is 3.31. The predicted octanol–water partition coefficient (Wildman–Crippen LogP) is 10.7. The number of furan rings is 1. The molecule has 0 atom stereocenters. The Balaban J connectivity index is 1.41. The van der Waals surface area contributed by atoms with Crippen LogP contribution in [0, 0.1) is 0 Å². The van der Waals surface area contributed by atoms with Gasteiger partial charge >= 0.3 is 0 Å². The van der Waals surface area contributed by atoms with Crippen molar-refractivity contribution >= 4 is 43.5 Å². The number of rotatable bonds is 4. The van der Waals surface area contributed by atoms with Crippen LogP contribution in [-0.2, 0) is 0 Å². The van der Waals surface area contributed by atoms with E-state index in [1.54, 1.807) is 6.07 Å². The molecule has 0 amide bonds. The maximum atomic E-state index is 9.14. The minimum absolute atomic E-state index is 0.0220. The Morgan fingerprint density at radius 2 is 1.02 bits per heavy atom. The van der Waals surface area contributed by atoms with Crippen molar-refractivity contribution in [3.63, 3.8) is 0 Å². The number of aromatic nitrogens is 3. The highest BCUT2D eigenvalue weighted by Crippen LogP contribution is 2.39. The van der Waals surface area contributed by atoms with E-state index in [1.165, 1.54) is 0 Å². The molecule has 0 aliphatic carbocycles. The minimum Gasteiger partial charge on any atom is -0.456 e. The predicted molar refractivity (Wildman–Crippen MR) is 184 cm³/mol. The van der Waals surface area contributed by atoms with Crippen molar-refractivity contribution in [3.8, 4) is 45.3 Å². The molecule has 0 unspecified atom stereocenters. The van der Waals surface area contributed by atoms with E-state index >= 15 is 0 Å². The number of hydrogen-bond acceptors (Lipinski definition) is 4. The van der Waals surface area contributed by atoms with Crippen LogP contribution in [0.1, 0.15) is 16.4 Å². The second-order valence-electron chi connectivity index (χ2n) is 10.3. The second kappa shape index (κ2) is 10.2. The molecular weight excluding hydrogens is 550 g/mol. The molecule has 9 aromatic rings. The summed E-state index contributed by atoms with van der Waals surface area (Å²) in [5.74, 6) is -0.688. The van der Waals surface area contributed by atoms with Crippen LogP contribution in [0.15, 0.2) is 156 Å². The fourth-order valence-corrected chi connectivity index (χ4v) is 5.81. The fraction of sp³-hybridized carbons (Fsp3) is 0. The van der Waals surface area contributed by atoms with E-state index in [2.05, 4.69) is 4.98 Å². The lowest BCUT2D eigenvalue weighted by atomic mass is 9.92. The monoisotopic (exact) mass is 587 g/mol. The van der Waals surface area contributed by atoms with E-state index in [9.17, 15) is 0 Å². The zero-order valence-electron chi connectivity index (χ0n) is 35.3. The minimum atomic E-state index is -0.633. The number of hydrogen-bond donors (Lipinski definition) is 0. The molecule has 4 nitrogen and oxygen atoms in total. The van der Waals surface area contributed by atoms with Crippen LogP contribution in [0.5, 0.6) is 0 Å². The average molecular weight is 588 g/mol. The highest BCUT2D eigenvalue weighted by Gasteiger charge is 2.19. The van der Waals surface area contributed by atoms with Gasteiger partial charge in [-0.3, -0.25) is 0 Å². The summed E-state index contributed by atoms with van der Waals surface area (Å²) < 4.78 is 109. The smallest absolute Gasteiger partial charge is 0.164 e. The molecule has 0 bridgehead atoms. The first-order chi connectivity index (χ1) is 27.3. The average Bonchev–Trinajstić information content (AvgIpc) is 3.62. The van der Waals surface area contributed by atoms with Crippen LogP contribution < -0.4 is 0 Å². The number of fused-ring (bicyclic) bond motifs is 5. The van der Waals surface area contributed by atoms with Gasteiger partial charge in [-0.15, -0.1) is 0 Å². The van der Waals surface area contributed by atoms with E-state index < -0.39 is 72.5 Å². The lowest BCUT2D eigenvalue weighted by molar-refractivity contribution is 0.669. The molecule has 9 rings (SSSR count). The maximum absolute atomic E-state index is 9.14. The van der Waals surface area contributed by atoms with Crippen LogP contribution in [0.4, 0.5) is 0 Å². The van der Waals surface area contributed by atoms with Crippen molar-refractivity contribution in [2.24, 2.45) is 0 Å². The summed E-state index contributed by atoms with van der Waals surface area (Å²) in [6.07, 6.45) is 0. The molecule has 0 N–H and O–H groups in total. The molecule has 45 heavy (non-hydrogen) atoms. The summed E-state index contributed by atoms with van der Waals surface area (Å²) >= 11 is 0. The van der Waals surface area contributed by atoms with E-state index in [0.717, 1.165) is 27.3 Å². The highest BCUT2D eigenvalue weighted by molar-refractivity contribution is 6.12. The van der Waals surface area contributed by atoms with E-state index in [4.69, 9.17) is 30.8 Å². The molecule has 0 saturated heterocycles. The number of benzene rings is 7. The Morgan fingerprint density at radius 3 is 1.89 bits per heavy atom. The standard InChI is InChI=1S/C41H25N3O/c1-2-13-27(14-3-1)39-42-40(44-41(43-39)35-23-11-25-37-38(35)34-17-6-7-24-36(34)45-37)33-22-10-20-31-30(19-9-21-32(31)33)29-18-8-15-26-12-4-5-16-28(26)29/h1-25H/i1D,2D,3D,6D,7D,11D,13D,14D,17D,23D,24D,25D. The lowest BCUT2D eigenvalue weighted by Crippen LogP contribution is -2.01. The SMILES string of the molecule is [2H]c1c([2H])c([2H])c(-c2nc(-c3cccc4c(-c5cccc6ccccc56)cccc34)nc(-c3c([2H])c([2H])c([2H])c4oc5c([2H])c([2H])c([2H])c([2H])c5c34)n2)c([2H])c1[2H]. The summed E-state index contributed by atoms with van der Waals surface area (Å²) in [7, 11) is 0.